The van der Waals surface area contributed by atoms with E-state index in [2.05, 4.69) is 25.8 Å². The van der Waals surface area contributed by atoms with Gasteiger partial charge in [-0.05, 0) is 5.56 Å². The quantitative estimate of drug-likeness (QED) is 0.939. The molecule has 0 spiro atoms. The van der Waals surface area contributed by atoms with Crippen molar-refractivity contribution in [3.05, 3.63) is 52.0 Å². The molecule has 1 heterocycles. The number of Topliss-reactive ketones (excluding diaryl/α,β-unsaturated/α-hetero) is 1. The molecule has 1 aromatic heterocycles. The minimum absolute atomic E-state index is 0.00556. The van der Waals surface area contributed by atoms with Gasteiger partial charge >= 0.3 is 0 Å². The Balaban J connectivity index is 2.07. The first kappa shape index (κ1) is 14.9. The van der Waals surface area contributed by atoms with Crippen LogP contribution in [-0.4, -0.2) is 10.8 Å². The van der Waals surface area contributed by atoms with E-state index in [0.29, 0.717) is 6.42 Å². The third-order valence-electron chi connectivity index (χ3n) is 3.15. The summed E-state index contributed by atoms with van der Waals surface area (Å²) in [5.41, 5.74) is 7.90. The van der Waals surface area contributed by atoms with Gasteiger partial charge in [-0.3, -0.25) is 4.79 Å². The van der Waals surface area contributed by atoms with Crippen LogP contribution in [0.5, 0.6) is 0 Å². The average Bonchev–Trinajstić information content (AvgIpc) is 2.87. The molecule has 1 aromatic carbocycles. The fraction of sp³-hybridized carbons (Fsp3) is 0.375. The van der Waals surface area contributed by atoms with Gasteiger partial charge < -0.3 is 5.73 Å². The number of carbonyl (C=O) groups excluding carboxylic acids is 1. The summed E-state index contributed by atoms with van der Waals surface area (Å²) in [7, 11) is 0. The predicted octanol–water partition coefficient (Wildman–Crippen LogP) is 3.25. The second-order valence-corrected chi connectivity index (χ2v) is 6.85. The summed E-state index contributed by atoms with van der Waals surface area (Å²) in [4.78, 5) is 16.8. The SMILES string of the molecule is CC(C)(C)c1csc(CC(=O)C(N)c2ccccc2)n1. The Labute approximate surface area is 123 Å². The number of nitrogens with two attached hydrogens (primary N) is 1. The summed E-state index contributed by atoms with van der Waals surface area (Å²) in [5.74, 6) is 0.00556. The number of thiazole rings is 1. The smallest absolute Gasteiger partial charge is 0.160 e. The Kier molecular flexibility index (Phi) is 4.35. The van der Waals surface area contributed by atoms with E-state index < -0.39 is 6.04 Å². The summed E-state index contributed by atoms with van der Waals surface area (Å²) in [6.45, 7) is 6.34. The van der Waals surface area contributed by atoms with Gasteiger partial charge in [0.15, 0.2) is 5.78 Å². The molecular weight excluding hydrogens is 268 g/mol. The van der Waals surface area contributed by atoms with Crippen LogP contribution in [0.15, 0.2) is 35.7 Å². The molecule has 2 aromatic rings. The molecule has 0 aliphatic carbocycles. The highest BCUT2D eigenvalue weighted by Gasteiger charge is 2.21. The normalized spacial score (nSPS) is 13.2. The van der Waals surface area contributed by atoms with Gasteiger partial charge in [-0.25, -0.2) is 4.98 Å². The van der Waals surface area contributed by atoms with Gasteiger partial charge in [0.25, 0.3) is 0 Å². The fourth-order valence-electron chi connectivity index (χ4n) is 1.84. The molecular formula is C16H20N2OS. The molecule has 2 N–H and O–H groups in total. The zero-order valence-electron chi connectivity index (χ0n) is 12.1. The van der Waals surface area contributed by atoms with E-state index in [4.69, 9.17) is 5.73 Å². The molecule has 0 radical (unpaired) electrons. The van der Waals surface area contributed by atoms with Gasteiger partial charge in [-0.15, -0.1) is 11.3 Å². The molecule has 1 atom stereocenters. The van der Waals surface area contributed by atoms with E-state index in [1.807, 2.05) is 35.7 Å². The van der Waals surface area contributed by atoms with Crippen molar-refractivity contribution in [2.24, 2.45) is 5.73 Å². The first-order valence-electron chi connectivity index (χ1n) is 6.66. The van der Waals surface area contributed by atoms with Gasteiger partial charge in [0.1, 0.15) is 5.01 Å². The van der Waals surface area contributed by atoms with Gasteiger partial charge in [0.05, 0.1) is 18.2 Å². The lowest BCUT2D eigenvalue weighted by Gasteiger charge is -2.14. The Morgan fingerprint density at radius 1 is 1.30 bits per heavy atom. The largest absolute Gasteiger partial charge is 0.318 e. The minimum Gasteiger partial charge on any atom is -0.318 e. The number of ketones is 1. The molecule has 20 heavy (non-hydrogen) atoms. The molecule has 1 unspecified atom stereocenters. The maximum Gasteiger partial charge on any atom is 0.160 e. The van der Waals surface area contributed by atoms with Crippen molar-refractivity contribution < 1.29 is 4.79 Å². The van der Waals surface area contributed by atoms with Crippen molar-refractivity contribution in [2.45, 2.75) is 38.6 Å². The number of benzene rings is 1. The lowest BCUT2D eigenvalue weighted by molar-refractivity contribution is -0.119. The van der Waals surface area contributed by atoms with Crippen LogP contribution in [-0.2, 0) is 16.6 Å². The third kappa shape index (κ3) is 3.52. The average molecular weight is 288 g/mol. The standard InChI is InChI=1S/C16H20N2OS/c1-16(2,3)13-10-20-14(18-13)9-12(19)15(17)11-7-5-4-6-8-11/h4-8,10,15H,9,17H2,1-3H3. The highest BCUT2D eigenvalue weighted by atomic mass is 32.1. The van der Waals surface area contributed by atoms with E-state index >= 15 is 0 Å². The number of hydrogen-bond acceptors (Lipinski definition) is 4. The maximum absolute atomic E-state index is 12.2. The van der Waals surface area contributed by atoms with Gasteiger partial charge in [0, 0.05) is 10.8 Å². The predicted molar refractivity (Wildman–Crippen MR) is 82.9 cm³/mol. The molecule has 0 aliphatic rings. The van der Waals surface area contributed by atoms with Crippen molar-refractivity contribution in [1.29, 1.82) is 0 Å². The van der Waals surface area contributed by atoms with E-state index in [1.165, 1.54) is 11.3 Å². The van der Waals surface area contributed by atoms with Crippen LogP contribution < -0.4 is 5.73 Å². The van der Waals surface area contributed by atoms with Crippen LogP contribution >= 0.6 is 11.3 Å². The molecule has 0 saturated carbocycles. The number of rotatable bonds is 4. The van der Waals surface area contributed by atoms with Gasteiger partial charge in [0.2, 0.25) is 0 Å². The second kappa shape index (κ2) is 5.85. The second-order valence-electron chi connectivity index (χ2n) is 5.91. The van der Waals surface area contributed by atoms with Crippen LogP contribution in [0.1, 0.15) is 43.1 Å². The van der Waals surface area contributed by atoms with Crippen molar-refractivity contribution in [3.63, 3.8) is 0 Å². The van der Waals surface area contributed by atoms with Gasteiger partial charge in [-0.2, -0.15) is 0 Å². The first-order valence-corrected chi connectivity index (χ1v) is 7.54. The van der Waals surface area contributed by atoms with E-state index in [-0.39, 0.29) is 11.2 Å². The summed E-state index contributed by atoms with van der Waals surface area (Å²) in [6.07, 6.45) is 0.302. The third-order valence-corrected chi connectivity index (χ3v) is 4.00. The number of nitrogens with zero attached hydrogens (tertiary/aromatic N) is 1. The lowest BCUT2D eigenvalue weighted by Crippen LogP contribution is -2.23. The zero-order chi connectivity index (χ0) is 14.8. The van der Waals surface area contributed by atoms with E-state index in [0.717, 1.165) is 16.3 Å². The fourth-order valence-corrected chi connectivity index (χ4v) is 2.87. The van der Waals surface area contributed by atoms with Crippen molar-refractivity contribution in [1.82, 2.24) is 4.98 Å². The minimum atomic E-state index is -0.571. The Bertz CT molecular complexity index is 584. The molecule has 2 rings (SSSR count). The van der Waals surface area contributed by atoms with Crippen molar-refractivity contribution in [2.75, 3.05) is 0 Å². The number of aromatic nitrogens is 1. The lowest BCUT2D eigenvalue weighted by atomic mass is 9.93. The Morgan fingerprint density at radius 2 is 1.95 bits per heavy atom. The van der Waals surface area contributed by atoms with Crippen molar-refractivity contribution >= 4 is 17.1 Å². The van der Waals surface area contributed by atoms with Gasteiger partial charge in [-0.1, -0.05) is 51.1 Å². The zero-order valence-corrected chi connectivity index (χ0v) is 12.9. The van der Waals surface area contributed by atoms with E-state index in [1.54, 1.807) is 0 Å². The Hall–Kier alpha value is -1.52. The maximum atomic E-state index is 12.2. The number of carbonyl (C=O) groups is 1. The summed E-state index contributed by atoms with van der Waals surface area (Å²) in [5, 5.41) is 2.86. The molecule has 106 valence electrons. The van der Waals surface area contributed by atoms with Crippen molar-refractivity contribution in [3.8, 4) is 0 Å². The van der Waals surface area contributed by atoms with Crippen LogP contribution in [0.4, 0.5) is 0 Å². The molecule has 0 amide bonds. The van der Waals surface area contributed by atoms with Crippen LogP contribution in [0.3, 0.4) is 0 Å². The molecule has 4 heteroatoms. The first-order chi connectivity index (χ1) is 9.38. The monoisotopic (exact) mass is 288 g/mol. The molecule has 0 fully saturated rings. The molecule has 3 nitrogen and oxygen atoms in total. The highest BCUT2D eigenvalue weighted by Crippen LogP contribution is 2.24. The number of hydrogen-bond donors (Lipinski definition) is 1. The van der Waals surface area contributed by atoms with Crippen LogP contribution in [0.25, 0.3) is 0 Å². The Morgan fingerprint density at radius 3 is 2.50 bits per heavy atom. The topological polar surface area (TPSA) is 56.0 Å². The summed E-state index contributed by atoms with van der Waals surface area (Å²) >= 11 is 1.53. The molecule has 0 bridgehead atoms. The van der Waals surface area contributed by atoms with Crippen LogP contribution in [0.2, 0.25) is 0 Å². The van der Waals surface area contributed by atoms with E-state index in [9.17, 15) is 4.79 Å². The molecule has 0 aliphatic heterocycles. The van der Waals surface area contributed by atoms with Crippen LogP contribution in [0, 0.1) is 0 Å². The summed E-state index contributed by atoms with van der Waals surface area (Å²) in [6, 6.07) is 8.89. The highest BCUT2D eigenvalue weighted by molar-refractivity contribution is 7.09. The summed E-state index contributed by atoms with van der Waals surface area (Å²) < 4.78 is 0. The molecule has 0 saturated heterocycles.